The molecule has 1 aromatic carbocycles. The number of hydrogen-bond donors (Lipinski definition) is 2. The number of anilines is 1. The third-order valence-electron chi connectivity index (χ3n) is 6.26. The van der Waals surface area contributed by atoms with Crippen molar-refractivity contribution in [2.24, 2.45) is 0 Å². The number of likely N-dealkylation sites (tertiary alicyclic amines) is 1. The highest BCUT2D eigenvalue weighted by Gasteiger charge is 2.51. The number of aliphatic hydroxyl groups is 1. The summed E-state index contributed by atoms with van der Waals surface area (Å²) in [6.07, 6.45) is 5.44. The molecule has 2 heterocycles. The number of hydrogen-bond acceptors (Lipinski definition) is 4. The number of halogens is 1. The van der Waals surface area contributed by atoms with Crippen molar-refractivity contribution < 1.29 is 14.3 Å². The van der Waals surface area contributed by atoms with E-state index < -0.39 is 5.54 Å². The fourth-order valence-corrected chi connectivity index (χ4v) is 4.79. The van der Waals surface area contributed by atoms with E-state index in [1.165, 1.54) is 18.6 Å². The molecule has 1 saturated carbocycles. The second-order valence-electron chi connectivity index (χ2n) is 7.56. The lowest BCUT2D eigenvalue weighted by Gasteiger charge is -2.47. The van der Waals surface area contributed by atoms with Gasteiger partial charge in [-0.1, -0.05) is 12.8 Å². The largest absolute Gasteiger partial charge is 0.391 e. The molecule has 6 heteroatoms. The summed E-state index contributed by atoms with van der Waals surface area (Å²) in [4.78, 5) is 17.1. The predicted molar refractivity (Wildman–Crippen MR) is 93.7 cm³/mol. The molecule has 3 fully saturated rings. The Morgan fingerprint density at radius 3 is 2.48 bits per heavy atom. The number of carbonyl (C=O) groups is 1. The molecule has 2 unspecified atom stereocenters. The Labute approximate surface area is 147 Å². The first-order valence-corrected chi connectivity index (χ1v) is 9.34. The van der Waals surface area contributed by atoms with Crippen molar-refractivity contribution in [1.29, 1.82) is 0 Å². The highest BCUT2D eigenvalue weighted by atomic mass is 19.1. The molecule has 1 spiro atoms. The molecule has 2 atom stereocenters. The highest BCUT2D eigenvalue weighted by molar-refractivity contribution is 5.93. The third-order valence-corrected chi connectivity index (χ3v) is 6.26. The van der Waals surface area contributed by atoms with Gasteiger partial charge in [-0.15, -0.1) is 0 Å². The molecule has 0 bridgehead atoms. The molecular weight excluding hydrogens is 321 g/mol. The number of amides is 1. The van der Waals surface area contributed by atoms with E-state index in [1.807, 2.05) is 0 Å². The monoisotopic (exact) mass is 347 g/mol. The van der Waals surface area contributed by atoms with Crippen molar-refractivity contribution >= 4 is 11.6 Å². The van der Waals surface area contributed by atoms with Crippen LogP contribution in [-0.2, 0) is 4.79 Å². The molecule has 3 aliphatic rings. The van der Waals surface area contributed by atoms with Gasteiger partial charge in [-0.25, -0.2) is 4.39 Å². The zero-order valence-electron chi connectivity index (χ0n) is 14.5. The summed E-state index contributed by atoms with van der Waals surface area (Å²) in [6.45, 7) is 2.09. The van der Waals surface area contributed by atoms with Crippen molar-refractivity contribution in [3.8, 4) is 0 Å². The predicted octanol–water partition coefficient (Wildman–Crippen LogP) is 1.86. The molecule has 4 rings (SSSR count). The first kappa shape index (κ1) is 16.8. The average molecular weight is 347 g/mol. The first-order chi connectivity index (χ1) is 12.1. The average Bonchev–Trinajstić information content (AvgIpc) is 2.94. The van der Waals surface area contributed by atoms with Crippen LogP contribution in [0.2, 0.25) is 0 Å². The minimum Gasteiger partial charge on any atom is -0.391 e. The molecule has 0 radical (unpaired) electrons. The second-order valence-corrected chi connectivity index (χ2v) is 7.56. The minimum atomic E-state index is -0.548. The quantitative estimate of drug-likeness (QED) is 0.857. The summed E-state index contributed by atoms with van der Waals surface area (Å²) in [6, 6.07) is 6.61. The number of piperidine rings is 1. The minimum absolute atomic E-state index is 0.0701. The number of aliphatic hydroxyl groups excluding tert-OH is 1. The van der Waals surface area contributed by atoms with E-state index in [4.69, 9.17) is 0 Å². The summed E-state index contributed by atoms with van der Waals surface area (Å²) < 4.78 is 13.2. The molecule has 1 aromatic rings. The van der Waals surface area contributed by atoms with E-state index in [0.717, 1.165) is 50.9 Å². The molecule has 2 N–H and O–H groups in total. The summed E-state index contributed by atoms with van der Waals surface area (Å²) in [5, 5.41) is 13.3. The van der Waals surface area contributed by atoms with E-state index >= 15 is 0 Å². The van der Waals surface area contributed by atoms with E-state index in [1.54, 1.807) is 12.1 Å². The maximum atomic E-state index is 13.2. The highest BCUT2D eigenvalue weighted by Crippen LogP contribution is 2.38. The van der Waals surface area contributed by atoms with E-state index in [9.17, 15) is 14.3 Å². The SMILES string of the molecule is O=C1NCN(c2ccc(F)cc2)C12CCN(C1CCCCC1O)CC2. The lowest BCUT2D eigenvalue weighted by molar-refractivity contribution is -0.125. The smallest absolute Gasteiger partial charge is 0.247 e. The Hall–Kier alpha value is -1.66. The lowest BCUT2D eigenvalue weighted by atomic mass is 9.83. The van der Waals surface area contributed by atoms with Crippen molar-refractivity contribution in [3.05, 3.63) is 30.1 Å². The van der Waals surface area contributed by atoms with Crippen LogP contribution in [0.15, 0.2) is 24.3 Å². The van der Waals surface area contributed by atoms with Gasteiger partial charge in [-0.3, -0.25) is 9.69 Å². The number of carbonyl (C=O) groups excluding carboxylic acids is 1. The van der Waals surface area contributed by atoms with E-state index in [2.05, 4.69) is 15.1 Å². The zero-order valence-corrected chi connectivity index (χ0v) is 14.5. The molecule has 1 amide bonds. The molecule has 2 saturated heterocycles. The fraction of sp³-hybridized carbons (Fsp3) is 0.632. The van der Waals surface area contributed by atoms with Gasteiger partial charge in [0.05, 0.1) is 12.8 Å². The molecular formula is C19H26FN3O2. The van der Waals surface area contributed by atoms with Crippen LogP contribution in [0, 0.1) is 5.82 Å². The van der Waals surface area contributed by atoms with Gasteiger partial charge in [0.15, 0.2) is 0 Å². The topological polar surface area (TPSA) is 55.8 Å². The fourth-order valence-electron chi connectivity index (χ4n) is 4.79. The van der Waals surface area contributed by atoms with Gasteiger partial charge >= 0.3 is 0 Å². The maximum absolute atomic E-state index is 13.2. The number of nitrogens with zero attached hydrogens (tertiary/aromatic N) is 2. The van der Waals surface area contributed by atoms with Crippen LogP contribution in [0.5, 0.6) is 0 Å². The van der Waals surface area contributed by atoms with Gasteiger partial charge in [0.1, 0.15) is 11.4 Å². The van der Waals surface area contributed by atoms with Crippen molar-refractivity contribution in [2.45, 2.75) is 56.2 Å². The first-order valence-electron chi connectivity index (χ1n) is 9.34. The molecule has 25 heavy (non-hydrogen) atoms. The Morgan fingerprint density at radius 1 is 1.12 bits per heavy atom. The Bertz CT molecular complexity index is 628. The molecule has 136 valence electrons. The molecule has 0 aromatic heterocycles. The normalized spacial score (nSPS) is 29.8. The Kier molecular flexibility index (Phi) is 4.41. The van der Waals surface area contributed by atoms with Crippen LogP contribution in [-0.4, -0.2) is 53.4 Å². The van der Waals surface area contributed by atoms with Crippen LogP contribution in [0.3, 0.4) is 0 Å². The standard InChI is InChI=1S/C19H26FN3O2/c20-14-5-7-15(8-6-14)23-13-21-18(25)19(23)9-11-22(12-10-19)16-3-1-2-4-17(16)24/h5-8,16-17,24H,1-4,9-13H2,(H,21,25). The molecule has 1 aliphatic carbocycles. The van der Waals surface area contributed by atoms with Crippen LogP contribution in [0.1, 0.15) is 38.5 Å². The van der Waals surface area contributed by atoms with Crippen LogP contribution in [0.25, 0.3) is 0 Å². The van der Waals surface area contributed by atoms with E-state index in [0.29, 0.717) is 6.67 Å². The number of benzene rings is 1. The third kappa shape index (κ3) is 2.91. The van der Waals surface area contributed by atoms with E-state index in [-0.39, 0.29) is 23.9 Å². The lowest BCUT2D eigenvalue weighted by Crippen LogP contribution is -2.59. The summed E-state index contributed by atoms with van der Waals surface area (Å²) in [7, 11) is 0. The second kappa shape index (κ2) is 6.57. The van der Waals surface area contributed by atoms with Crippen molar-refractivity contribution in [2.75, 3.05) is 24.7 Å². The van der Waals surface area contributed by atoms with Crippen LogP contribution in [0.4, 0.5) is 10.1 Å². The maximum Gasteiger partial charge on any atom is 0.247 e. The number of rotatable bonds is 2. The molecule has 2 aliphatic heterocycles. The van der Waals surface area contributed by atoms with Crippen molar-refractivity contribution in [3.63, 3.8) is 0 Å². The zero-order chi connectivity index (χ0) is 17.4. The van der Waals surface area contributed by atoms with Gasteiger partial charge in [-0.05, 0) is 49.9 Å². The Morgan fingerprint density at radius 2 is 1.80 bits per heavy atom. The van der Waals surface area contributed by atoms with Gasteiger partial charge in [-0.2, -0.15) is 0 Å². The van der Waals surface area contributed by atoms with Crippen LogP contribution >= 0.6 is 0 Å². The van der Waals surface area contributed by atoms with Gasteiger partial charge in [0.25, 0.3) is 0 Å². The Balaban J connectivity index is 1.51. The van der Waals surface area contributed by atoms with Gasteiger partial charge in [0.2, 0.25) is 5.91 Å². The number of nitrogens with one attached hydrogen (secondary N) is 1. The van der Waals surface area contributed by atoms with Crippen molar-refractivity contribution in [1.82, 2.24) is 10.2 Å². The summed E-state index contributed by atoms with van der Waals surface area (Å²) in [5.41, 5.74) is 0.333. The van der Waals surface area contributed by atoms with Crippen LogP contribution < -0.4 is 10.2 Å². The summed E-state index contributed by atoms with van der Waals surface area (Å²) in [5.74, 6) is -0.196. The van der Waals surface area contributed by atoms with Gasteiger partial charge < -0.3 is 15.3 Å². The van der Waals surface area contributed by atoms with Gasteiger partial charge in [0, 0.05) is 24.8 Å². The summed E-state index contributed by atoms with van der Waals surface area (Å²) >= 11 is 0. The molecule has 5 nitrogen and oxygen atoms in total.